The first-order valence-electron chi connectivity index (χ1n) is 11.0. The number of pyridine rings is 1. The SMILES string of the molecule is CCOc1ccc(-n2nnnc2-c2cc(-c3cnn(C4CCNCC4)c3)cnc2N)c(F)c1F. The first kappa shape index (κ1) is 21.9. The van der Waals surface area contributed by atoms with Crippen LogP contribution >= 0.6 is 0 Å². The Morgan fingerprint density at radius 1 is 1.15 bits per heavy atom. The maximum atomic E-state index is 14.8. The fraction of sp³-hybridized carbons (Fsp3) is 0.318. The van der Waals surface area contributed by atoms with Crippen molar-refractivity contribution in [3.05, 3.63) is 48.4 Å². The first-order chi connectivity index (χ1) is 16.6. The van der Waals surface area contributed by atoms with Gasteiger partial charge in [0.25, 0.3) is 0 Å². The number of benzene rings is 1. The van der Waals surface area contributed by atoms with E-state index in [9.17, 15) is 8.78 Å². The number of nitrogen functional groups attached to an aromatic ring is 1. The summed E-state index contributed by atoms with van der Waals surface area (Å²) < 4.78 is 37.5. The molecule has 0 radical (unpaired) electrons. The summed E-state index contributed by atoms with van der Waals surface area (Å²) in [5.41, 5.74) is 7.93. The molecule has 0 bridgehead atoms. The van der Waals surface area contributed by atoms with Crippen LogP contribution in [0.3, 0.4) is 0 Å². The zero-order chi connectivity index (χ0) is 23.7. The molecule has 12 heteroatoms. The van der Waals surface area contributed by atoms with Crippen LogP contribution in [0.4, 0.5) is 14.6 Å². The highest BCUT2D eigenvalue weighted by atomic mass is 19.2. The topological polar surface area (TPSA) is 122 Å². The quantitative estimate of drug-likeness (QED) is 0.444. The lowest BCUT2D eigenvalue weighted by atomic mass is 10.1. The van der Waals surface area contributed by atoms with E-state index in [1.54, 1.807) is 25.4 Å². The standard InChI is InChI=1S/C22H23F2N9O/c1-2-34-18-4-3-17(19(23)20(18)24)33-22(29-30-31-33)16-9-13(10-27-21(16)25)14-11-28-32(12-14)15-5-7-26-8-6-15/h3-4,9-12,15,26H,2,5-8H2,1H3,(H2,25,27). The third-order valence-electron chi connectivity index (χ3n) is 5.80. The van der Waals surface area contributed by atoms with Gasteiger partial charge in [-0.15, -0.1) is 5.10 Å². The minimum absolute atomic E-state index is 0.125. The Morgan fingerprint density at radius 3 is 2.76 bits per heavy atom. The fourth-order valence-electron chi connectivity index (χ4n) is 4.04. The van der Waals surface area contributed by atoms with Gasteiger partial charge in [0.05, 0.1) is 24.4 Å². The highest BCUT2D eigenvalue weighted by Gasteiger charge is 2.22. The number of nitrogens with one attached hydrogen (secondary N) is 1. The Hall–Kier alpha value is -3.93. The van der Waals surface area contributed by atoms with E-state index in [1.165, 1.54) is 12.1 Å². The molecule has 0 atom stereocenters. The molecule has 0 aliphatic carbocycles. The predicted molar refractivity (Wildman–Crippen MR) is 120 cm³/mol. The molecule has 0 unspecified atom stereocenters. The van der Waals surface area contributed by atoms with Gasteiger partial charge in [0.15, 0.2) is 17.4 Å². The number of rotatable bonds is 6. The number of piperidine rings is 1. The van der Waals surface area contributed by atoms with Gasteiger partial charge in [0, 0.05) is 23.5 Å². The Bertz CT molecular complexity index is 1310. The normalized spacial score (nSPS) is 14.4. The molecule has 1 aromatic carbocycles. The summed E-state index contributed by atoms with van der Waals surface area (Å²) in [5.74, 6) is -2.17. The van der Waals surface area contributed by atoms with E-state index in [2.05, 4.69) is 30.9 Å². The van der Waals surface area contributed by atoms with E-state index in [0.717, 1.165) is 41.7 Å². The summed E-state index contributed by atoms with van der Waals surface area (Å²) in [6.45, 7) is 3.80. The molecule has 1 fully saturated rings. The largest absolute Gasteiger partial charge is 0.491 e. The van der Waals surface area contributed by atoms with E-state index >= 15 is 0 Å². The van der Waals surface area contributed by atoms with E-state index in [0.29, 0.717) is 11.6 Å². The van der Waals surface area contributed by atoms with Crippen molar-refractivity contribution in [2.24, 2.45) is 0 Å². The number of tetrazole rings is 1. The maximum absolute atomic E-state index is 14.8. The highest BCUT2D eigenvalue weighted by Crippen LogP contribution is 2.32. The van der Waals surface area contributed by atoms with Crippen LogP contribution in [0.1, 0.15) is 25.8 Å². The Labute approximate surface area is 193 Å². The summed E-state index contributed by atoms with van der Waals surface area (Å²) in [4.78, 5) is 4.28. The minimum Gasteiger partial charge on any atom is -0.491 e. The number of nitrogens with zero attached hydrogens (tertiary/aromatic N) is 7. The molecule has 3 N–H and O–H groups in total. The number of ether oxygens (including phenoxy) is 1. The second-order valence-corrected chi connectivity index (χ2v) is 7.91. The smallest absolute Gasteiger partial charge is 0.202 e. The summed E-state index contributed by atoms with van der Waals surface area (Å²) in [6.07, 6.45) is 7.38. The fourth-order valence-corrected chi connectivity index (χ4v) is 4.04. The van der Waals surface area contributed by atoms with Gasteiger partial charge in [-0.2, -0.15) is 14.2 Å². The average molecular weight is 467 g/mol. The second-order valence-electron chi connectivity index (χ2n) is 7.91. The molecular weight excluding hydrogens is 444 g/mol. The molecule has 1 saturated heterocycles. The van der Waals surface area contributed by atoms with E-state index < -0.39 is 11.6 Å². The molecule has 0 saturated carbocycles. The van der Waals surface area contributed by atoms with Gasteiger partial charge in [-0.3, -0.25) is 4.68 Å². The van der Waals surface area contributed by atoms with Crippen LogP contribution in [-0.4, -0.2) is 54.7 Å². The van der Waals surface area contributed by atoms with Crippen LogP contribution in [0.25, 0.3) is 28.2 Å². The van der Waals surface area contributed by atoms with Crippen molar-refractivity contribution in [3.8, 4) is 34.0 Å². The van der Waals surface area contributed by atoms with Crippen LogP contribution in [0.15, 0.2) is 36.8 Å². The Morgan fingerprint density at radius 2 is 1.97 bits per heavy atom. The van der Waals surface area contributed by atoms with Crippen molar-refractivity contribution >= 4 is 5.82 Å². The molecule has 5 rings (SSSR count). The number of aromatic nitrogens is 7. The molecule has 4 heterocycles. The van der Waals surface area contributed by atoms with Crippen molar-refractivity contribution in [2.75, 3.05) is 25.4 Å². The molecule has 34 heavy (non-hydrogen) atoms. The molecule has 0 spiro atoms. The number of halogens is 2. The van der Waals surface area contributed by atoms with Crippen LogP contribution in [0.2, 0.25) is 0 Å². The zero-order valence-electron chi connectivity index (χ0n) is 18.4. The van der Waals surface area contributed by atoms with Crippen molar-refractivity contribution < 1.29 is 13.5 Å². The molecule has 176 valence electrons. The maximum Gasteiger partial charge on any atom is 0.202 e. The predicted octanol–water partition coefficient (Wildman–Crippen LogP) is 2.77. The van der Waals surface area contributed by atoms with Gasteiger partial charge in [-0.1, -0.05) is 0 Å². The summed E-state index contributed by atoms with van der Waals surface area (Å²) in [6, 6.07) is 4.77. The summed E-state index contributed by atoms with van der Waals surface area (Å²) >= 11 is 0. The number of hydrogen-bond acceptors (Lipinski definition) is 8. The molecule has 10 nitrogen and oxygen atoms in total. The van der Waals surface area contributed by atoms with Gasteiger partial charge >= 0.3 is 0 Å². The van der Waals surface area contributed by atoms with Crippen LogP contribution in [0.5, 0.6) is 5.75 Å². The average Bonchev–Trinajstić information content (AvgIpc) is 3.54. The lowest BCUT2D eigenvalue weighted by Crippen LogP contribution is -2.29. The van der Waals surface area contributed by atoms with Crippen LogP contribution in [0, 0.1) is 11.6 Å². The second kappa shape index (κ2) is 9.14. The van der Waals surface area contributed by atoms with Gasteiger partial charge in [0.2, 0.25) is 5.82 Å². The van der Waals surface area contributed by atoms with E-state index in [1.807, 2.05) is 10.9 Å². The summed E-state index contributed by atoms with van der Waals surface area (Å²) in [5, 5.41) is 19.4. The lowest BCUT2D eigenvalue weighted by Gasteiger charge is -2.22. The Kier molecular flexibility index (Phi) is 5.88. The van der Waals surface area contributed by atoms with Crippen LogP contribution in [-0.2, 0) is 0 Å². The first-order valence-corrected chi connectivity index (χ1v) is 11.0. The highest BCUT2D eigenvalue weighted by molar-refractivity contribution is 5.76. The third kappa shape index (κ3) is 3.96. The van der Waals surface area contributed by atoms with Crippen molar-refractivity contribution in [2.45, 2.75) is 25.8 Å². The zero-order valence-corrected chi connectivity index (χ0v) is 18.4. The molecule has 4 aromatic rings. The van der Waals surface area contributed by atoms with Gasteiger partial charge < -0.3 is 15.8 Å². The van der Waals surface area contributed by atoms with Gasteiger partial charge in [0.1, 0.15) is 11.5 Å². The van der Waals surface area contributed by atoms with Crippen LogP contribution < -0.4 is 15.8 Å². The summed E-state index contributed by atoms with van der Waals surface area (Å²) in [7, 11) is 0. The number of nitrogens with two attached hydrogens (primary N) is 1. The van der Waals surface area contributed by atoms with Crippen molar-refractivity contribution in [3.63, 3.8) is 0 Å². The molecule has 1 aliphatic heterocycles. The van der Waals surface area contributed by atoms with Crippen molar-refractivity contribution in [1.82, 2.24) is 40.3 Å². The molecule has 1 aliphatic rings. The molecular formula is C22H23F2N9O. The van der Waals surface area contributed by atoms with Gasteiger partial charge in [-0.25, -0.2) is 9.37 Å². The van der Waals surface area contributed by atoms with Gasteiger partial charge in [-0.05, 0) is 61.5 Å². The van der Waals surface area contributed by atoms with E-state index in [4.69, 9.17) is 10.5 Å². The van der Waals surface area contributed by atoms with Crippen molar-refractivity contribution in [1.29, 1.82) is 0 Å². The van der Waals surface area contributed by atoms with E-state index in [-0.39, 0.29) is 29.7 Å². The monoisotopic (exact) mass is 467 g/mol. The molecule has 0 amide bonds. The number of anilines is 1. The Balaban J connectivity index is 1.51. The third-order valence-corrected chi connectivity index (χ3v) is 5.80. The minimum atomic E-state index is -1.13. The molecule has 3 aromatic heterocycles. The lowest BCUT2D eigenvalue weighted by molar-refractivity contribution is 0.313. The number of hydrogen-bond donors (Lipinski definition) is 2.